The second kappa shape index (κ2) is 16.5. The van der Waals surface area contributed by atoms with Crippen LogP contribution in [0.1, 0.15) is 54.9 Å². The quantitative estimate of drug-likeness (QED) is 0.0821. The molecule has 0 aromatic heterocycles. The summed E-state index contributed by atoms with van der Waals surface area (Å²) < 4.78 is 10.6. The van der Waals surface area contributed by atoms with Crippen molar-refractivity contribution in [3.8, 4) is 0 Å². The summed E-state index contributed by atoms with van der Waals surface area (Å²) in [6, 6.07) is 0. The zero-order chi connectivity index (χ0) is 36.6. The van der Waals surface area contributed by atoms with Crippen LogP contribution < -0.4 is 5.32 Å². The number of allylic oxidation sites excluding steroid dienone is 9. The number of nitro groups is 1. The van der Waals surface area contributed by atoms with Crippen molar-refractivity contribution in [3.05, 3.63) is 81.6 Å². The molecule has 7 atom stereocenters. The van der Waals surface area contributed by atoms with Gasteiger partial charge in [-0.15, -0.1) is 0 Å². The number of ether oxygens (including phenoxy) is 2. The van der Waals surface area contributed by atoms with Crippen LogP contribution >= 0.6 is 0 Å². The lowest BCUT2D eigenvalue weighted by molar-refractivity contribution is -0.425. The van der Waals surface area contributed by atoms with E-state index in [9.17, 15) is 39.8 Å². The lowest BCUT2D eigenvalue weighted by atomic mass is 9.68. The number of likely N-dealkylation sites (N-methyl/N-ethyl adjacent to an activating group) is 1. The minimum Gasteiger partial charge on any atom is -0.460 e. The van der Waals surface area contributed by atoms with Crippen molar-refractivity contribution >= 4 is 17.8 Å². The van der Waals surface area contributed by atoms with Crippen LogP contribution in [0.15, 0.2) is 71.5 Å². The Labute approximate surface area is 282 Å². The van der Waals surface area contributed by atoms with Gasteiger partial charge in [-0.05, 0) is 45.6 Å². The second-order valence-electron chi connectivity index (χ2n) is 13.1. The molecule has 2 amide bonds. The van der Waals surface area contributed by atoms with Crippen molar-refractivity contribution in [2.45, 2.75) is 84.3 Å². The van der Waals surface area contributed by atoms with Gasteiger partial charge in [0.2, 0.25) is 23.1 Å². The molecule has 4 N–H and O–H groups in total. The van der Waals surface area contributed by atoms with E-state index in [1.807, 2.05) is 0 Å². The summed E-state index contributed by atoms with van der Waals surface area (Å²) in [5.41, 5.74) is -3.39. The van der Waals surface area contributed by atoms with Gasteiger partial charge in [-0.3, -0.25) is 19.7 Å². The number of esters is 1. The highest BCUT2D eigenvalue weighted by Gasteiger charge is 2.77. The van der Waals surface area contributed by atoms with E-state index in [4.69, 9.17) is 9.47 Å². The molecule has 0 bridgehead atoms. The van der Waals surface area contributed by atoms with Crippen LogP contribution in [0.3, 0.4) is 0 Å². The van der Waals surface area contributed by atoms with Gasteiger partial charge in [-0.25, -0.2) is 4.79 Å². The molecule has 2 rings (SSSR count). The van der Waals surface area contributed by atoms with Crippen LogP contribution in [0.25, 0.3) is 0 Å². The Hall–Kier alpha value is -3.91. The van der Waals surface area contributed by atoms with E-state index in [0.29, 0.717) is 11.1 Å². The molecule has 13 heteroatoms. The monoisotopic (exact) mass is 673 g/mol. The lowest BCUT2D eigenvalue weighted by Gasteiger charge is -2.51. The van der Waals surface area contributed by atoms with E-state index >= 15 is 0 Å². The molecule has 0 aliphatic carbocycles. The third-order valence-corrected chi connectivity index (χ3v) is 9.70. The van der Waals surface area contributed by atoms with Crippen LogP contribution in [0.2, 0.25) is 0 Å². The van der Waals surface area contributed by atoms with Crippen molar-refractivity contribution in [1.29, 1.82) is 0 Å². The molecule has 2 saturated heterocycles. The van der Waals surface area contributed by atoms with Crippen molar-refractivity contribution < 1.29 is 44.1 Å². The number of nitrogens with zero attached hydrogens (tertiary/aromatic N) is 2. The number of methoxy groups -OCH3 is 1. The number of aliphatic hydroxyl groups excluding tert-OH is 2. The molecule has 0 saturated carbocycles. The first-order valence-corrected chi connectivity index (χ1v) is 15.8. The Bertz CT molecular complexity index is 1410. The zero-order valence-electron chi connectivity index (χ0n) is 29.3. The minimum atomic E-state index is -1.85. The average Bonchev–Trinajstić information content (AvgIpc) is 3.20. The summed E-state index contributed by atoms with van der Waals surface area (Å²) >= 11 is 0. The zero-order valence-corrected chi connectivity index (χ0v) is 29.3. The molecule has 266 valence electrons. The lowest BCUT2D eigenvalue weighted by Crippen LogP contribution is -2.76. The van der Waals surface area contributed by atoms with Gasteiger partial charge in [0.15, 0.2) is 0 Å². The maximum absolute atomic E-state index is 12.9. The first-order chi connectivity index (χ1) is 22.3. The summed E-state index contributed by atoms with van der Waals surface area (Å²) in [6.45, 7) is 11.4. The van der Waals surface area contributed by atoms with E-state index < -0.39 is 57.6 Å². The molecule has 0 unspecified atom stereocenters. The second-order valence-corrected chi connectivity index (χ2v) is 13.1. The molecule has 2 aliphatic rings. The largest absolute Gasteiger partial charge is 0.460 e. The molecular formula is C35H51N3O10. The molecule has 2 heterocycles. The molecule has 2 fully saturated rings. The van der Waals surface area contributed by atoms with Gasteiger partial charge < -0.3 is 35.0 Å². The maximum atomic E-state index is 12.9. The Morgan fingerprint density at radius 1 is 1.19 bits per heavy atom. The molecule has 1 spiro atoms. The van der Waals surface area contributed by atoms with Crippen molar-refractivity contribution in [2.75, 3.05) is 27.3 Å². The Kier molecular flexibility index (Phi) is 13.8. The van der Waals surface area contributed by atoms with Gasteiger partial charge in [0.25, 0.3) is 0 Å². The van der Waals surface area contributed by atoms with E-state index in [0.717, 1.165) is 0 Å². The highest BCUT2D eigenvalue weighted by Crippen LogP contribution is 2.51. The minimum absolute atomic E-state index is 0.0569. The van der Waals surface area contributed by atoms with Gasteiger partial charge in [-0.1, -0.05) is 68.5 Å². The Morgan fingerprint density at radius 3 is 2.38 bits per heavy atom. The topological polar surface area (TPSA) is 189 Å². The summed E-state index contributed by atoms with van der Waals surface area (Å²) in [7, 11) is 2.86. The average molecular weight is 674 g/mol. The number of hydrogen-bond acceptors (Lipinski definition) is 10. The Morgan fingerprint density at radius 2 is 1.83 bits per heavy atom. The third-order valence-electron chi connectivity index (χ3n) is 9.70. The van der Waals surface area contributed by atoms with Crippen LogP contribution in [-0.2, 0) is 23.9 Å². The number of aliphatic hydroxyl groups is 3. The van der Waals surface area contributed by atoms with Crippen molar-refractivity contribution in [1.82, 2.24) is 10.2 Å². The normalized spacial score (nSPS) is 26.7. The van der Waals surface area contributed by atoms with Crippen LogP contribution in [-0.4, -0.2) is 99.7 Å². The van der Waals surface area contributed by atoms with Gasteiger partial charge >= 0.3 is 5.97 Å². The van der Waals surface area contributed by atoms with E-state index in [2.05, 4.69) is 5.32 Å². The van der Waals surface area contributed by atoms with Crippen molar-refractivity contribution in [2.24, 2.45) is 17.3 Å². The number of carbonyl (C=O) groups is 3. The molecule has 0 radical (unpaired) electrons. The summed E-state index contributed by atoms with van der Waals surface area (Å²) in [5.74, 6) is -2.79. The smallest absolute Gasteiger partial charge is 0.338 e. The fraction of sp³-hybridized carbons (Fsp3) is 0.571. The number of nitrogens with one attached hydrogen (secondary N) is 1. The van der Waals surface area contributed by atoms with Crippen LogP contribution in [0.4, 0.5) is 0 Å². The number of hydrogen-bond donors (Lipinski definition) is 4. The summed E-state index contributed by atoms with van der Waals surface area (Å²) in [5, 5.41) is 47.0. The van der Waals surface area contributed by atoms with Gasteiger partial charge in [0.1, 0.15) is 12.2 Å². The van der Waals surface area contributed by atoms with E-state index in [-0.39, 0.29) is 37.1 Å². The SMILES string of the molecule is CO[C@@H](C[C@@H](C)[C@@H](O)/C=C/C=C/CNC(=O)C(C)(C)[C@H](O)/C(C)=C/C=C/C=C/C(C)=C(\C)[N+](=O)[O-])[C@]1(O)[C@@H](C)C(=O)N(C)[C@@]12COC2=O. The van der Waals surface area contributed by atoms with Crippen LogP contribution in [0.5, 0.6) is 0 Å². The highest BCUT2D eigenvalue weighted by atomic mass is 16.6. The van der Waals surface area contributed by atoms with Gasteiger partial charge in [0.05, 0.1) is 34.6 Å². The molecule has 48 heavy (non-hydrogen) atoms. The number of amides is 2. The van der Waals surface area contributed by atoms with E-state index in [1.54, 1.807) is 96.2 Å². The standard InChI is InChI=1S/C35H51N3O10/c1-22(26(5)38(45)46)16-12-10-13-17-23(2)29(40)33(6,7)31(42)36-19-15-11-14-18-27(39)24(3)20-28(47-9)35(44)25(4)30(41)37(8)34(35)21-48-32(34)43/h10-18,24-25,27-29,39-40,44H,19-21H2,1-9H3,(H,36,42)/b13-10+,15-11+,16-12+,18-14+,23-17+,26-22+/t24-,25+,27+,28+,29-,34-,35-/m1/s1. The predicted molar refractivity (Wildman–Crippen MR) is 180 cm³/mol. The van der Waals surface area contributed by atoms with Gasteiger partial charge in [0, 0.05) is 33.2 Å². The fourth-order valence-corrected chi connectivity index (χ4v) is 5.97. The molecule has 0 aromatic carbocycles. The summed E-state index contributed by atoms with van der Waals surface area (Å²) in [4.78, 5) is 49.8. The van der Waals surface area contributed by atoms with Crippen molar-refractivity contribution in [3.63, 3.8) is 0 Å². The van der Waals surface area contributed by atoms with Gasteiger partial charge in [-0.2, -0.15) is 0 Å². The predicted octanol–water partition coefficient (Wildman–Crippen LogP) is 2.77. The number of cyclic esters (lactones) is 1. The first-order valence-electron chi connectivity index (χ1n) is 15.8. The maximum Gasteiger partial charge on any atom is 0.338 e. The molecular weight excluding hydrogens is 622 g/mol. The molecule has 13 nitrogen and oxygen atoms in total. The van der Waals surface area contributed by atoms with Crippen LogP contribution in [0, 0.1) is 27.4 Å². The summed E-state index contributed by atoms with van der Waals surface area (Å²) in [6.07, 6.45) is 12.0. The first kappa shape index (κ1) is 40.3. The number of carbonyl (C=O) groups excluding carboxylic acids is 3. The number of rotatable bonds is 16. The van der Waals surface area contributed by atoms with E-state index in [1.165, 1.54) is 26.0 Å². The molecule has 2 aliphatic heterocycles. The number of likely N-dealkylation sites (tertiary alicyclic amines) is 1. The molecule has 0 aromatic rings. The Balaban J connectivity index is 1.92. The third kappa shape index (κ3) is 8.03. The fourth-order valence-electron chi connectivity index (χ4n) is 5.97. The highest BCUT2D eigenvalue weighted by molar-refractivity contribution is 5.99.